The van der Waals surface area contributed by atoms with Gasteiger partial charge in [-0.25, -0.2) is 0 Å². The van der Waals surface area contributed by atoms with Crippen LogP contribution in [0.1, 0.15) is 32.6 Å². The van der Waals surface area contributed by atoms with E-state index in [1.165, 1.54) is 0 Å². The molecule has 1 saturated carbocycles. The van der Waals surface area contributed by atoms with Crippen LogP contribution in [0.25, 0.3) is 0 Å². The maximum Gasteiger partial charge on any atom is 0.217 e. The van der Waals surface area contributed by atoms with E-state index < -0.39 is 22.5 Å². The molecule has 0 aromatic heterocycles. The first kappa shape index (κ1) is 13.9. The highest BCUT2D eigenvalue weighted by molar-refractivity contribution is 5.89. The van der Waals surface area contributed by atoms with Gasteiger partial charge in [-0.15, -0.1) is 0 Å². The Labute approximate surface area is 123 Å². The summed E-state index contributed by atoms with van der Waals surface area (Å²) in [5.41, 5.74) is -3.18. The van der Waals surface area contributed by atoms with Crippen LogP contribution < -0.4 is 0 Å². The highest BCUT2D eigenvalue weighted by Crippen LogP contribution is 2.65. The Bertz CT molecular complexity index is 611. The Morgan fingerprint density at radius 2 is 2.00 bits per heavy atom. The van der Waals surface area contributed by atoms with Crippen molar-refractivity contribution in [3.8, 4) is 18.2 Å². The van der Waals surface area contributed by atoms with E-state index >= 15 is 0 Å². The molecular formula is C15H16N4O2. The Balaban J connectivity index is 2.19. The summed E-state index contributed by atoms with van der Waals surface area (Å²) in [6, 6.07) is 6.02. The molecule has 2 heterocycles. The smallest absolute Gasteiger partial charge is 0.217 e. The molecule has 2 aliphatic heterocycles. The lowest BCUT2D eigenvalue weighted by Gasteiger charge is -2.49. The molecule has 21 heavy (non-hydrogen) atoms. The fraction of sp³-hybridized carbons (Fsp3) is 0.733. The van der Waals surface area contributed by atoms with Crippen molar-refractivity contribution in [2.24, 2.45) is 22.7 Å². The van der Waals surface area contributed by atoms with Gasteiger partial charge in [0.1, 0.15) is 0 Å². The summed E-state index contributed by atoms with van der Waals surface area (Å²) in [6.45, 7) is 1.91. The molecule has 6 nitrogen and oxygen atoms in total. The minimum Gasteiger partial charge on any atom is -0.447 e. The summed E-state index contributed by atoms with van der Waals surface area (Å²) in [7, 11) is 0. The van der Waals surface area contributed by atoms with Gasteiger partial charge < -0.3 is 9.47 Å². The first-order valence-corrected chi connectivity index (χ1v) is 7.20. The highest BCUT2D eigenvalue weighted by atomic mass is 16.7. The third-order valence-corrected chi connectivity index (χ3v) is 5.50. The highest BCUT2D eigenvalue weighted by Gasteiger charge is 2.77. The van der Waals surface area contributed by atoms with Crippen LogP contribution in [-0.4, -0.2) is 18.3 Å². The van der Waals surface area contributed by atoms with Gasteiger partial charge in [0, 0.05) is 6.42 Å². The SMILES string of the molecule is CCC1CCC23OCC(C#N)(C#N)C(C#N)(C(=N)O2)C3C1. The number of hydrogen-bond acceptors (Lipinski definition) is 6. The summed E-state index contributed by atoms with van der Waals surface area (Å²) in [6.07, 6.45) is 3.13. The first-order chi connectivity index (χ1) is 10.0. The van der Waals surface area contributed by atoms with Crippen LogP contribution in [0.3, 0.4) is 0 Å². The van der Waals surface area contributed by atoms with Gasteiger partial charge >= 0.3 is 0 Å². The molecule has 0 radical (unpaired) electrons. The molecule has 0 amide bonds. The van der Waals surface area contributed by atoms with Gasteiger partial charge in [-0.3, -0.25) is 5.41 Å². The molecule has 108 valence electrons. The van der Waals surface area contributed by atoms with Crippen molar-refractivity contribution < 1.29 is 9.47 Å². The van der Waals surface area contributed by atoms with Gasteiger partial charge in [0.2, 0.25) is 11.7 Å². The maximum atomic E-state index is 9.80. The van der Waals surface area contributed by atoms with Crippen LogP contribution >= 0.6 is 0 Å². The lowest BCUT2D eigenvalue weighted by molar-refractivity contribution is -0.265. The summed E-state index contributed by atoms with van der Waals surface area (Å²) in [5, 5.41) is 37.0. The van der Waals surface area contributed by atoms with E-state index in [-0.39, 0.29) is 12.5 Å². The number of rotatable bonds is 1. The molecule has 0 aromatic rings. The topological polar surface area (TPSA) is 114 Å². The van der Waals surface area contributed by atoms with Gasteiger partial charge in [0.05, 0.1) is 30.7 Å². The fourth-order valence-electron chi connectivity index (χ4n) is 4.15. The van der Waals surface area contributed by atoms with Crippen molar-refractivity contribution in [3.05, 3.63) is 0 Å². The molecule has 6 heteroatoms. The molecule has 0 spiro atoms. The monoisotopic (exact) mass is 284 g/mol. The second-order valence-electron chi connectivity index (χ2n) is 6.18. The molecule has 2 bridgehead atoms. The Hall–Kier alpha value is -2.10. The minimum atomic E-state index is -1.67. The van der Waals surface area contributed by atoms with E-state index in [2.05, 4.69) is 13.0 Å². The number of hydrogen-bond donors (Lipinski definition) is 1. The molecule has 3 aliphatic rings. The largest absolute Gasteiger partial charge is 0.447 e. The first-order valence-electron chi connectivity index (χ1n) is 7.20. The Morgan fingerprint density at radius 3 is 2.57 bits per heavy atom. The van der Waals surface area contributed by atoms with Gasteiger partial charge in [-0.2, -0.15) is 15.8 Å². The molecule has 0 aromatic carbocycles. The average Bonchev–Trinajstić information content (AvgIpc) is 2.72. The van der Waals surface area contributed by atoms with Crippen molar-refractivity contribution in [1.82, 2.24) is 0 Å². The lowest BCUT2D eigenvalue weighted by Crippen LogP contribution is -2.60. The minimum absolute atomic E-state index is 0.177. The quantitative estimate of drug-likeness (QED) is 0.791. The third kappa shape index (κ3) is 1.35. The third-order valence-electron chi connectivity index (χ3n) is 5.50. The molecule has 3 fully saturated rings. The summed E-state index contributed by atoms with van der Waals surface area (Å²) in [5.74, 6) is -1.28. The van der Waals surface area contributed by atoms with Crippen LogP contribution in [0.2, 0.25) is 0 Å². The van der Waals surface area contributed by atoms with Crippen molar-refractivity contribution in [3.63, 3.8) is 0 Å². The second-order valence-corrected chi connectivity index (χ2v) is 6.18. The van der Waals surface area contributed by atoms with Crippen molar-refractivity contribution in [1.29, 1.82) is 21.2 Å². The van der Waals surface area contributed by atoms with E-state index in [1.807, 2.05) is 12.1 Å². The van der Waals surface area contributed by atoms with Gasteiger partial charge in [-0.05, 0) is 18.8 Å². The van der Waals surface area contributed by atoms with Crippen molar-refractivity contribution in [2.45, 2.75) is 38.4 Å². The van der Waals surface area contributed by atoms with E-state index in [1.54, 1.807) is 0 Å². The number of nitrogens with one attached hydrogen (secondary N) is 1. The van der Waals surface area contributed by atoms with Gasteiger partial charge in [0.15, 0.2) is 10.8 Å². The lowest BCUT2D eigenvalue weighted by atomic mass is 9.53. The summed E-state index contributed by atoms with van der Waals surface area (Å²) in [4.78, 5) is 0. The van der Waals surface area contributed by atoms with Gasteiger partial charge in [0.25, 0.3) is 0 Å². The molecule has 4 atom stereocenters. The Morgan fingerprint density at radius 1 is 1.29 bits per heavy atom. The van der Waals surface area contributed by atoms with E-state index in [0.29, 0.717) is 18.8 Å². The predicted molar refractivity (Wildman–Crippen MR) is 70.3 cm³/mol. The fourth-order valence-corrected chi connectivity index (χ4v) is 4.15. The second kappa shape index (κ2) is 4.20. The van der Waals surface area contributed by atoms with Crippen LogP contribution in [-0.2, 0) is 9.47 Å². The zero-order valence-corrected chi connectivity index (χ0v) is 11.8. The number of ether oxygens (including phenoxy) is 2. The molecule has 4 unspecified atom stereocenters. The van der Waals surface area contributed by atoms with Crippen LogP contribution in [0.5, 0.6) is 0 Å². The predicted octanol–water partition coefficient (Wildman–Crippen LogP) is 2.09. The molecule has 3 rings (SSSR count). The zero-order valence-electron chi connectivity index (χ0n) is 11.8. The van der Waals surface area contributed by atoms with Crippen molar-refractivity contribution >= 4 is 5.90 Å². The maximum absolute atomic E-state index is 9.80. The van der Waals surface area contributed by atoms with Gasteiger partial charge in [-0.1, -0.05) is 13.3 Å². The molecule has 1 N–H and O–H groups in total. The van der Waals surface area contributed by atoms with E-state index in [4.69, 9.17) is 14.9 Å². The average molecular weight is 284 g/mol. The molecular weight excluding hydrogens is 268 g/mol. The van der Waals surface area contributed by atoms with E-state index in [0.717, 1.165) is 12.8 Å². The standard InChI is InChI=1S/C15H16N4O2/c1-2-10-3-4-15-11(5-10)14(8-18,12(19)21-15)13(6-16,7-17)9-20-15/h10-11,19H,2-5,9H2,1H3. The summed E-state index contributed by atoms with van der Waals surface area (Å²) >= 11 is 0. The van der Waals surface area contributed by atoms with Crippen molar-refractivity contribution in [2.75, 3.05) is 6.61 Å². The zero-order chi connectivity index (χ0) is 15.3. The molecule has 1 aliphatic carbocycles. The number of nitrogens with zero attached hydrogens (tertiary/aromatic N) is 3. The normalized spacial score (nSPS) is 42.9. The van der Waals surface area contributed by atoms with E-state index in [9.17, 15) is 15.8 Å². The Kier molecular flexibility index (Phi) is 2.77. The number of nitriles is 3. The van der Waals surface area contributed by atoms with Crippen LogP contribution in [0, 0.1) is 62.1 Å². The molecule has 2 saturated heterocycles. The van der Waals surface area contributed by atoms with Crippen LogP contribution in [0.4, 0.5) is 0 Å². The summed E-state index contributed by atoms with van der Waals surface area (Å²) < 4.78 is 11.4. The van der Waals surface area contributed by atoms with Crippen LogP contribution in [0.15, 0.2) is 0 Å².